The molecule has 0 bridgehead atoms. The van der Waals surface area contributed by atoms with Crippen molar-refractivity contribution in [1.82, 2.24) is 25.3 Å². The standard InChI is InChI=1S/C11H10BrN5OS2/c1-2-8-13-11(16-15-8)20-5-9-14-10(17-18-9)7-3-6(12)4-19-7/h3-4H,2,5H2,1H3,(H,13,15,16). The Balaban J connectivity index is 1.65. The number of nitrogens with zero attached hydrogens (tertiary/aromatic N) is 4. The maximum atomic E-state index is 5.23. The van der Waals surface area contributed by atoms with Crippen LogP contribution in [0.15, 0.2) is 25.6 Å². The predicted octanol–water partition coefficient (Wildman–Crippen LogP) is 3.53. The van der Waals surface area contributed by atoms with Crippen molar-refractivity contribution >= 4 is 39.0 Å². The molecule has 0 saturated carbocycles. The minimum Gasteiger partial charge on any atom is -0.338 e. The number of H-pyrrole nitrogens is 1. The van der Waals surface area contributed by atoms with Crippen molar-refractivity contribution in [2.24, 2.45) is 0 Å². The highest BCUT2D eigenvalue weighted by Gasteiger charge is 2.12. The van der Waals surface area contributed by atoms with E-state index in [4.69, 9.17) is 4.52 Å². The van der Waals surface area contributed by atoms with E-state index in [1.54, 1.807) is 11.3 Å². The molecule has 0 atom stereocenters. The van der Waals surface area contributed by atoms with Gasteiger partial charge in [-0.1, -0.05) is 23.8 Å². The molecule has 3 aromatic heterocycles. The van der Waals surface area contributed by atoms with Crippen LogP contribution in [0.4, 0.5) is 0 Å². The normalized spacial score (nSPS) is 11.1. The number of nitrogens with one attached hydrogen (secondary N) is 1. The topological polar surface area (TPSA) is 80.5 Å². The van der Waals surface area contributed by atoms with Crippen molar-refractivity contribution in [3.63, 3.8) is 0 Å². The fourth-order valence-corrected chi connectivity index (χ4v) is 3.48. The third kappa shape index (κ3) is 3.10. The van der Waals surface area contributed by atoms with Gasteiger partial charge in [-0.25, -0.2) is 4.98 Å². The summed E-state index contributed by atoms with van der Waals surface area (Å²) in [5, 5.41) is 13.6. The molecule has 3 rings (SSSR count). The van der Waals surface area contributed by atoms with E-state index in [2.05, 4.69) is 41.3 Å². The van der Waals surface area contributed by atoms with Crippen LogP contribution in [0.5, 0.6) is 0 Å². The molecule has 9 heteroatoms. The van der Waals surface area contributed by atoms with Crippen LogP contribution in [0.3, 0.4) is 0 Å². The van der Waals surface area contributed by atoms with Crippen molar-refractivity contribution in [3.8, 4) is 10.7 Å². The molecule has 0 radical (unpaired) electrons. The largest absolute Gasteiger partial charge is 0.338 e. The number of aryl methyl sites for hydroxylation is 1. The van der Waals surface area contributed by atoms with Gasteiger partial charge in [0.15, 0.2) is 0 Å². The Bertz CT molecular complexity index is 707. The van der Waals surface area contributed by atoms with Gasteiger partial charge in [-0.05, 0) is 22.0 Å². The summed E-state index contributed by atoms with van der Waals surface area (Å²) in [6.07, 6.45) is 0.839. The van der Waals surface area contributed by atoms with Gasteiger partial charge in [-0.15, -0.1) is 16.4 Å². The number of rotatable bonds is 5. The van der Waals surface area contributed by atoms with Crippen LogP contribution in [0.1, 0.15) is 18.6 Å². The van der Waals surface area contributed by atoms with Crippen LogP contribution >= 0.6 is 39.0 Å². The summed E-state index contributed by atoms with van der Waals surface area (Å²) >= 11 is 6.44. The van der Waals surface area contributed by atoms with Crippen molar-refractivity contribution in [2.75, 3.05) is 0 Å². The molecule has 0 spiro atoms. The zero-order valence-corrected chi connectivity index (χ0v) is 13.7. The Morgan fingerprint density at radius 2 is 2.35 bits per heavy atom. The van der Waals surface area contributed by atoms with E-state index < -0.39 is 0 Å². The Morgan fingerprint density at radius 1 is 1.45 bits per heavy atom. The van der Waals surface area contributed by atoms with Gasteiger partial charge in [0.2, 0.25) is 16.9 Å². The van der Waals surface area contributed by atoms with E-state index in [1.807, 2.05) is 18.4 Å². The first-order valence-corrected chi connectivity index (χ1v) is 8.51. The SMILES string of the molecule is CCc1nc(SCc2nc(-c3cc(Br)cs3)no2)n[nH]1. The maximum absolute atomic E-state index is 5.23. The van der Waals surface area contributed by atoms with Crippen LogP contribution in [-0.4, -0.2) is 25.3 Å². The average molecular weight is 372 g/mol. The van der Waals surface area contributed by atoms with E-state index in [1.165, 1.54) is 11.8 Å². The minimum absolute atomic E-state index is 0.556. The van der Waals surface area contributed by atoms with Gasteiger partial charge >= 0.3 is 0 Å². The maximum Gasteiger partial charge on any atom is 0.237 e. The van der Waals surface area contributed by atoms with Gasteiger partial charge < -0.3 is 4.52 Å². The molecule has 0 fully saturated rings. The van der Waals surface area contributed by atoms with Crippen molar-refractivity contribution in [1.29, 1.82) is 0 Å². The smallest absolute Gasteiger partial charge is 0.237 e. The molecule has 0 aliphatic rings. The zero-order valence-electron chi connectivity index (χ0n) is 10.5. The minimum atomic E-state index is 0.556. The molecular formula is C11H10BrN5OS2. The molecule has 0 unspecified atom stereocenters. The van der Waals surface area contributed by atoms with E-state index in [9.17, 15) is 0 Å². The molecule has 6 nitrogen and oxygen atoms in total. The molecule has 0 saturated heterocycles. The van der Waals surface area contributed by atoms with E-state index in [0.717, 1.165) is 21.6 Å². The van der Waals surface area contributed by atoms with Gasteiger partial charge in [0.05, 0.1) is 10.6 Å². The van der Waals surface area contributed by atoms with Crippen LogP contribution < -0.4 is 0 Å². The fraction of sp³-hybridized carbons (Fsp3) is 0.273. The first-order chi connectivity index (χ1) is 9.74. The lowest BCUT2D eigenvalue weighted by Gasteiger charge is -1.89. The summed E-state index contributed by atoms with van der Waals surface area (Å²) in [4.78, 5) is 9.65. The molecule has 3 aromatic rings. The number of hydrogen-bond acceptors (Lipinski definition) is 7. The van der Waals surface area contributed by atoms with Crippen molar-refractivity contribution in [3.05, 3.63) is 27.6 Å². The highest BCUT2D eigenvalue weighted by atomic mass is 79.9. The summed E-state index contributed by atoms with van der Waals surface area (Å²) in [6, 6.07) is 1.97. The Hall–Kier alpha value is -1.19. The summed E-state index contributed by atoms with van der Waals surface area (Å²) in [6.45, 7) is 2.03. The Labute approximate surface area is 131 Å². The molecule has 1 N–H and O–H groups in total. The summed E-state index contributed by atoms with van der Waals surface area (Å²) < 4.78 is 6.25. The summed E-state index contributed by atoms with van der Waals surface area (Å²) in [5.41, 5.74) is 0. The highest BCUT2D eigenvalue weighted by molar-refractivity contribution is 9.10. The number of halogens is 1. The van der Waals surface area contributed by atoms with Gasteiger partial charge in [0, 0.05) is 16.3 Å². The summed E-state index contributed by atoms with van der Waals surface area (Å²) in [5.74, 6) is 2.61. The second kappa shape index (κ2) is 6.06. The average Bonchev–Trinajstić information content (AvgIpc) is 3.16. The second-order valence-corrected chi connectivity index (χ2v) is 6.62. The van der Waals surface area contributed by atoms with Crippen molar-refractivity contribution in [2.45, 2.75) is 24.3 Å². The van der Waals surface area contributed by atoms with Crippen LogP contribution in [0, 0.1) is 0 Å². The van der Waals surface area contributed by atoms with Crippen molar-refractivity contribution < 1.29 is 4.52 Å². The lowest BCUT2D eigenvalue weighted by atomic mass is 10.4. The highest BCUT2D eigenvalue weighted by Crippen LogP contribution is 2.28. The van der Waals surface area contributed by atoms with Gasteiger partial charge in [0.25, 0.3) is 0 Å². The molecular weight excluding hydrogens is 362 g/mol. The number of aromatic amines is 1. The van der Waals surface area contributed by atoms with Gasteiger partial charge in [-0.3, -0.25) is 5.10 Å². The van der Waals surface area contributed by atoms with Gasteiger partial charge in [-0.2, -0.15) is 4.98 Å². The first kappa shape index (κ1) is 13.8. The zero-order chi connectivity index (χ0) is 13.9. The Kier molecular flexibility index (Phi) is 4.18. The number of hydrogen-bond donors (Lipinski definition) is 1. The van der Waals surface area contributed by atoms with Crippen LogP contribution in [0.2, 0.25) is 0 Å². The lowest BCUT2D eigenvalue weighted by Crippen LogP contribution is -1.83. The second-order valence-electron chi connectivity index (χ2n) is 3.85. The molecule has 104 valence electrons. The van der Waals surface area contributed by atoms with Crippen LogP contribution in [-0.2, 0) is 12.2 Å². The van der Waals surface area contributed by atoms with Crippen LogP contribution in [0.25, 0.3) is 10.7 Å². The number of aromatic nitrogens is 5. The third-order valence-corrected chi connectivity index (χ3v) is 4.95. The number of thiophene rings is 1. The molecule has 3 heterocycles. The fourth-order valence-electron chi connectivity index (χ4n) is 1.47. The quantitative estimate of drug-likeness (QED) is 0.690. The van der Waals surface area contributed by atoms with Gasteiger partial charge in [0.1, 0.15) is 5.82 Å². The van der Waals surface area contributed by atoms with E-state index in [0.29, 0.717) is 22.6 Å². The lowest BCUT2D eigenvalue weighted by molar-refractivity contribution is 0.391. The van der Waals surface area contributed by atoms with E-state index >= 15 is 0 Å². The molecule has 0 aliphatic carbocycles. The summed E-state index contributed by atoms with van der Waals surface area (Å²) in [7, 11) is 0. The molecule has 20 heavy (non-hydrogen) atoms. The number of thioether (sulfide) groups is 1. The molecule has 0 amide bonds. The van der Waals surface area contributed by atoms with E-state index in [-0.39, 0.29) is 0 Å². The predicted molar refractivity (Wildman–Crippen MR) is 80.6 cm³/mol. The third-order valence-electron chi connectivity index (χ3n) is 2.43. The molecule has 0 aliphatic heterocycles. The Morgan fingerprint density at radius 3 is 3.05 bits per heavy atom. The first-order valence-electron chi connectivity index (χ1n) is 5.85. The monoisotopic (exact) mass is 371 g/mol. The molecule has 0 aromatic carbocycles.